The Balaban J connectivity index is 2.11. The van der Waals surface area contributed by atoms with Gasteiger partial charge in [-0.3, -0.25) is 0 Å². The zero-order valence-corrected chi connectivity index (χ0v) is 16.1. The Hall–Kier alpha value is -3.38. The quantitative estimate of drug-likeness (QED) is 0.365. The van der Waals surface area contributed by atoms with E-state index in [1.54, 1.807) is 13.0 Å². The molecule has 0 saturated heterocycles. The van der Waals surface area contributed by atoms with Crippen LogP contribution in [0, 0.1) is 6.92 Å². The second-order valence-corrected chi connectivity index (χ2v) is 7.22. The minimum absolute atomic E-state index is 0.122. The van der Waals surface area contributed by atoms with E-state index >= 15 is 0 Å². The average molecular weight is 396 g/mol. The summed E-state index contributed by atoms with van der Waals surface area (Å²) in [6, 6.07) is 14.6. The van der Waals surface area contributed by atoms with Crippen LogP contribution in [0.2, 0.25) is 0 Å². The maximum Gasteiger partial charge on any atom is 0.157 e. The van der Waals surface area contributed by atoms with Crippen LogP contribution in [0.5, 0.6) is 28.7 Å². The SMILES string of the molecule is Cc1c(O)cc(O)c(C(C)C(O)C(c2ccccc2)c2ccc(O)c(O)c2)c1O. The molecule has 3 aromatic carbocycles. The van der Waals surface area contributed by atoms with E-state index in [0.29, 0.717) is 5.56 Å². The third kappa shape index (κ3) is 3.79. The fourth-order valence-electron chi connectivity index (χ4n) is 3.65. The molecule has 0 aliphatic heterocycles. The highest BCUT2D eigenvalue weighted by Gasteiger charge is 2.33. The van der Waals surface area contributed by atoms with Crippen molar-refractivity contribution in [2.24, 2.45) is 0 Å². The van der Waals surface area contributed by atoms with E-state index in [4.69, 9.17) is 0 Å². The second kappa shape index (κ2) is 7.93. The van der Waals surface area contributed by atoms with Gasteiger partial charge in [-0.2, -0.15) is 0 Å². The zero-order valence-electron chi connectivity index (χ0n) is 16.1. The molecular weight excluding hydrogens is 372 g/mol. The van der Waals surface area contributed by atoms with Gasteiger partial charge in [-0.1, -0.05) is 43.3 Å². The summed E-state index contributed by atoms with van der Waals surface area (Å²) in [5.74, 6) is -2.77. The molecule has 3 aromatic rings. The lowest BCUT2D eigenvalue weighted by Crippen LogP contribution is -2.26. The predicted molar refractivity (Wildman–Crippen MR) is 109 cm³/mol. The van der Waals surface area contributed by atoms with E-state index in [9.17, 15) is 30.6 Å². The molecule has 3 unspecified atom stereocenters. The number of rotatable bonds is 5. The number of hydrogen-bond acceptors (Lipinski definition) is 6. The Kier molecular flexibility index (Phi) is 5.57. The van der Waals surface area contributed by atoms with Crippen LogP contribution < -0.4 is 0 Å². The highest BCUT2D eigenvalue weighted by molar-refractivity contribution is 5.57. The maximum atomic E-state index is 11.3. The molecule has 3 atom stereocenters. The van der Waals surface area contributed by atoms with Crippen LogP contribution >= 0.6 is 0 Å². The van der Waals surface area contributed by atoms with E-state index < -0.39 is 17.9 Å². The number of aliphatic hydroxyl groups excluding tert-OH is 1. The Bertz CT molecular complexity index is 1020. The summed E-state index contributed by atoms with van der Waals surface area (Å²) in [7, 11) is 0. The molecule has 0 aliphatic carbocycles. The van der Waals surface area contributed by atoms with Crippen molar-refractivity contribution in [2.45, 2.75) is 31.8 Å². The molecule has 0 radical (unpaired) electrons. The van der Waals surface area contributed by atoms with Gasteiger partial charge in [0.05, 0.1) is 6.10 Å². The second-order valence-electron chi connectivity index (χ2n) is 7.22. The Morgan fingerprint density at radius 1 is 0.690 bits per heavy atom. The fraction of sp³-hybridized carbons (Fsp3) is 0.217. The summed E-state index contributed by atoms with van der Waals surface area (Å²) >= 11 is 0. The van der Waals surface area contributed by atoms with Gasteiger partial charge in [-0.05, 0) is 30.2 Å². The topological polar surface area (TPSA) is 121 Å². The third-order valence-corrected chi connectivity index (χ3v) is 5.37. The van der Waals surface area contributed by atoms with E-state index in [-0.39, 0.29) is 39.9 Å². The van der Waals surface area contributed by atoms with Crippen LogP contribution in [-0.4, -0.2) is 36.7 Å². The molecule has 0 amide bonds. The van der Waals surface area contributed by atoms with Crippen LogP contribution in [0.15, 0.2) is 54.6 Å². The predicted octanol–water partition coefficient (Wildman–Crippen LogP) is 3.82. The fourth-order valence-corrected chi connectivity index (χ4v) is 3.65. The summed E-state index contributed by atoms with van der Waals surface area (Å²) in [4.78, 5) is 0. The van der Waals surface area contributed by atoms with E-state index in [1.165, 1.54) is 19.1 Å². The van der Waals surface area contributed by atoms with Gasteiger partial charge in [0.25, 0.3) is 0 Å². The van der Waals surface area contributed by atoms with Gasteiger partial charge < -0.3 is 30.6 Å². The minimum atomic E-state index is -1.11. The molecule has 6 N–H and O–H groups in total. The molecule has 0 saturated carbocycles. The lowest BCUT2D eigenvalue weighted by molar-refractivity contribution is 0.129. The maximum absolute atomic E-state index is 11.3. The van der Waals surface area contributed by atoms with Crippen molar-refractivity contribution in [3.63, 3.8) is 0 Å². The molecule has 0 fully saturated rings. The molecule has 6 nitrogen and oxygen atoms in total. The number of aromatic hydroxyl groups is 5. The van der Waals surface area contributed by atoms with Gasteiger partial charge in [-0.15, -0.1) is 0 Å². The highest BCUT2D eigenvalue weighted by atomic mass is 16.3. The molecule has 0 aliphatic rings. The summed E-state index contributed by atoms with van der Waals surface area (Å²) in [6.45, 7) is 3.17. The van der Waals surface area contributed by atoms with Crippen LogP contribution in [0.4, 0.5) is 0 Å². The lowest BCUT2D eigenvalue weighted by Gasteiger charge is -2.30. The Morgan fingerprint density at radius 2 is 1.34 bits per heavy atom. The van der Waals surface area contributed by atoms with E-state index in [2.05, 4.69) is 0 Å². The largest absolute Gasteiger partial charge is 0.507 e. The summed E-state index contributed by atoms with van der Waals surface area (Å²) in [5, 5.41) is 61.5. The molecule has 0 bridgehead atoms. The molecule has 3 rings (SSSR count). The van der Waals surface area contributed by atoms with Crippen molar-refractivity contribution in [3.8, 4) is 28.7 Å². The molecule has 29 heavy (non-hydrogen) atoms. The van der Waals surface area contributed by atoms with Gasteiger partial charge in [0, 0.05) is 29.0 Å². The normalized spacial score (nSPS) is 14.3. The Morgan fingerprint density at radius 3 is 1.97 bits per heavy atom. The average Bonchev–Trinajstić information content (AvgIpc) is 2.69. The number of benzene rings is 3. The minimum Gasteiger partial charge on any atom is -0.507 e. The van der Waals surface area contributed by atoms with Gasteiger partial charge in [0.15, 0.2) is 11.5 Å². The number of aliphatic hydroxyl groups is 1. The zero-order chi connectivity index (χ0) is 21.3. The molecule has 0 aromatic heterocycles. The van der Waals surface area contributed by atoms with Crippen molar-refractivity contribution in [2.75, 3.05) is 0 Å². The van der Waals surface area contributed by atoms with Crippen molar-refractivity contribution in [1.82, 2.24) is 0 Å². The van der Waals surface area contributed by atoms with Crippen molar-refractivity contribution >= 4 is 0 Å². The van der Waals surface area contributed by atoms with Crippen molar-refractivity contribution in [1.29, 1.82) is 0 Å². The monoisotopic (exact) mass is 396 g/mol. The number of phenolic OH excluding ortho intramolecular Hbond substituents is 5. The number of phenols is 5. The number of hydrogen-bond donors (Lipinski definition) is 6. The lowest BCUT2D eigenvalue weighted by atomic mass is 9.78. The first-order valence-electron chi connectivity index (χ1n) is 9.21. The molecule has 0 heterocycles. The molecule has 6 heteroatoms. The molecular formula is C23H24O6. The highest BCUT2D eigenvalue weighted by Crippen LogP contribution is 2.45. The van der Waals surface area contributed by atoms with E-state index in [1.807, 2.05) is 30.3 Å². The first-order valence-corrected chi connectivity index (χ1v) is 9.21. The molecule has 0 spiro atoms. The van der Waals surface area contributed by atoms with Gasteiger partial charge in [0.1, 0.15) is 17.2 Å². The van der Waals surface area contributed by atoms with E-state index in [0.717, 1.165) is 11.6 Å². The van der Waals surface area contributed by atoms with Gasteiger partial charge >= 0.3 is 0 Å². The van der Waals surface area contributed by atoms with Crippen molar-refractivity contribution in [3.05, 3.63) is 76.9 Å². The third-order valence-electron chi connectivity index (χ3n) is 5.37. The van der Waals surface area contributed by atoms with Gasteiger partial charge in [0.2, 0.25) is 0 Å². The van der Waals surface area contributed by atoms with Crippen molar-refractivity contribution < 1.29 is 30.6 Å². The molecule has 152 valence electrons. The first-order chi connectivity index (χ1) is 13.7. The van der Waals surface area contributed by atoms with Crippen LogP contribution in [0.25, 0.3) is 0 Å². The van der Waals surface area contributed by atoms with Crippen LogP contribution in [-0.2, 0) is 0 Å². The Labute approximate surface area is 168 Å². The first kappa shape index (κ1) is 20.4. The van der Waals surface area contributed by atoms with Crippen LogP contribution in [0.1, 0.15) is 41.0 Å². The summed E-state index contributed by atoms with van der Waals surface area (Å²) in [5.41, 5.74) is 1.64. The smallest absolute Gasteiger partial charge is 0.157 e. The standard InChI is InChI=1S/C23H24O6/c1-12-17(25)11-19(27)20(22(12)28)13(2)23(29)21(14-6-4-3-5-7-14)15-8-9-16(24)18(26)10-15/h3-11,13,21,23-29H,1-2H3. The summed E-state index contributed by atoms with van der Waals surface area (Å²) < 4.78 is 0. The van der Waals surface area contributed by atoms with Crippen LogP contribution in [0.3, 0.4) is 0 Å². The summed E-state index contributed by atoms with van der Waals surface area (Å²) in [6.07, 6.45) is -1.11. The van der Waals surface area contributed by atoms with Gasteiger partial charge in [-0.25, -0.2) is 0 Å².